The van der Waals surface area contributed by atoms with Crippen LogP contribution in [-0.4, -0.2) is 32.9 Å². The van der Waals surface area contributed by atoms with Gasteiger partial charge in [0.15, 0.2) is 4.96 Å². The number of rotatable bonds is 3. The molecule has 3 heterocycles. The molecule has 5 nitrogen and oxygen atoms in total. The lowest BCUT2D eigenvalue weighted by Crippen LogP contribution is -2.47. The van der Waals surface area contributed by atoms with Gasteiger partial charge in [0.05, 0.1) is 17.0 Å². The predicted octanol–water partition coefficient (Wildman–Crippen LogP) is 5.19. The molecule has 30 heavy (non-hydrogen) atoms. The Labute approximate surface area is 173 Å². The molecule has 0 bridgehead atoms. The van der Waals surface area contributed by atoms with E-state index in [1.165, 1.54) is 17.4 Å². The molecule has 2 aromatic carbocycles. The van der Waals surface area contributed by atoms with Crippen LogP contribution >= 0.6 is 11.3 Å². The molecule has 0 unspecified atom stereocenters. The third-order valence-electron chi connectivity index (χ3n) is 4.98. The van der Waals surface area contributed by atoms with Gasteiger partial charge >= 0.3 is 6.18 Å². The van der Waals surface area contributed by atoms with Crippen LogP contribution in [0.2, 0.25) is 0 Å². The summed E-state index contributed by atoms with van der Waals surface area (Å²) in [4.78, 5) is 19.2. The molecule has 0 aliphatic carbocycles. The molecule has 0 radical (unpaired) electrons. The van der Waals surface area contributed by atoms with E-state index >= 15 is 0 Å². The quantitative estimate of drug-likeness (QED) is 0.489. The second-order valence-electron chi connectivity index (χ2n) is 6.91. The zero-order chi connectivity index (χ0) is 20.9. The Bertz CT molecular complexity index is 1230. The van der Waals surface area contributed by atoms with Gasteiger partial charge < -0.3 is 10.2 Å². The summed E-state index contributed by atoms with van der Waals surface area (Å²) < 4.78 is 42.1. The topological polar surface area (TPSA) is 49.6 Å². The second-order valence-corrected chi connectivity index (χ2v) is 7.78. The highest BCUT2D eigenvalue weighted by molar-refractivity contribution is 7.15. The molecule has 9 heteroatoms. The Morgan fingerprint density at radius 1 is 1.07 bits per heavy atom. The van der Waals surface area contributed by atoms with Crippen LogP contribution < -0.4 is 5.32 Å². The second kappa shape index (κ2) is 6.88. The highest BCUT2D eigenvalue weighted by Gasteiger charge is 2.42. The average Bonchev–Trinajstić information content (AvgIpc) is 3.31. The molecule has 0 spiro atoms. The molecule has 1 N–H and O–H groups in total. The fourth-order valence-corrected chi connectivity index (χ4v) is 4.46. The number of halogens is 3. The Balaban J connectivity index is 1.72. The van der Waals surface area contributed by atoms with Crippen LogP contribution in [0.5, 0.6) is 0 Å². The minimum atomic E-state index is -4.55. The lowest BCUT2D eigenvalue weighted by atomic mass is 10.0. The van der Waals surface area contributed by atoms with Gasteiger partial charge in [-0.25, -0.2) is 4.98 Å². The van der Waals surface area contributed by atoms with Gasteiger partial charge in [0, 0.05) is 22.8 Å². The number of alkyl halides is 3. The third-order valence-corrected chi connectivity index (χ3v) is 5.73. The minimum absolute atomic E-state index is 0.213. The number of benzene rings is 2. The summed E-state index contributed by atoms with van der Waals surface area (Å²) in [5.74, 6) is -0.670. The first-order valence-corrected chi connectivity index (χ1v) is 10.0. The van der Waals surface area contributed by atoms with Crippen molar-refractivity contribution in [3.05, 3.63) is 77.4 Å². The first-order valence-electron chi connectivity index (χ1n) is 9.16. The highest BCUT2D eigenvalue weighted by Crippen LogP contribution is 2.39. The van der Waals surface area contributed by atoms with Crippen LogP contribution in [0.15, 0.2) is 66.2 Å². The Kier molecular flexibility index (Phi) is 4.28. The van der Waals surface area contributed by atoms with Crippen LogP contribution in [0.3, 0.4) is 0 Å². The number of anilines is 1. The normalized spacial score (nSPS) is 16.6. The highest BCUT2D eigenvalue weighted by atomic mass is 32.1. The largest absolute Gasteiger partial charge is 0.406 e. The summed E-state index contributed by atoms with van der Waals surface area (Å²) in [5.41, 5.74) is 2.51. The van der Waals surface area contributed by atoms with Gasteiger partial charge in [0.2, 0.25) is 0 Å². The number of nitrogens with zero attached hydrogens (tertiary/aromatic N) is 3. The van der Waals surface area contributed by atoms with Crippen molar-refractivity contribution in [2.24, 2.45) is 0 Å². The van der Waals surface area contributed by atoms with E-state index in [0.717, 1.165) is 10.5 Å². The van der Waals surface area contributed by atoms with Crippen molar-refractivity contribution in [3.8, 4) is 11.3 Å². The number of aromatic nitrogens is 2. The average molecular weight is 428 g/mol. The van der Waals surface area contributed by atoms with E-state index in [1.54, 1.807) is 28.8 Å². The van der Waals surface area contributed by atoms with Crippen molar-refractivity contribution in [3.63, 3.8) is 0 Å². The smallest absolute Gasteiger partial charge is 0.359 e. The molecule has 2 aromatic heterocycles. The molecular weight excluding hydrogens is 413 g/mol. The van der Waals surface area contributed by atoms with Crippen LogP contribution in [0.1, 0.15) is 22.2 Å². The van der Waals surface area contributed by atoms with E-state index in [9.17, 15) is 18.0 Å². The summed E-state index contributed by atoms with van der Waals surface area (Å²) in [6.07, 6.45) is -3.82. The summed E-state index contributed by atoms with van der Waals surface area (Å²) in [6, 6.07) is 15.8. The summed E-state index contributed by atoms with van der Waals surface area (Å²) in [7, 11) is 0. The number of fused-ring (bicyclic) bond motifs is 2. The van der Waals surface area contributed by atoms with Crippen molar-refractivity contribution in [2.45, 2.75) is 12.3 Å². The number of hydrogen-bond donors (Lipinski definition) is 1. The first kappa shape index (κ1) is 18.7. The Morgan fingerprint density at radius 2 is 1.80 bits per heavy atom. The van der Waals surface area contributed by atoms with E-state index in [0.29, 0.717) is 22.0 Å². The summed E-state index contributed by atoms with van der Waals surface area (Å²) in [5, 5.41) is 4.96. The predicted molar refractivity (Wildman–Crippen MR) is 108 cm³/mol. The zero-order valence-electron chi connectivity index (χ0n) is 15.4. The molecule has 1 aliphatic rings. The van der Waals surface area contributed by atoms with Crippen molar-refractivity contribution in [1.29, 1.82) is 0 Å². The van der Waals surface area contributed by atoms with Gasteiger partial charge in [-0.1, -0.05) is 42.5 Å². The standard InChI is InChI=1S/C21H15F3N4OS/c22-21(23,24)12-28-18(25-15-9-5-4-8-14(15)19(28)29)17-16(13-6-2-1-3-7-13)26-20-27(17)10-11-30-20/h1-11,18,25H,12H2/t18-/m0/s1. The maximum atomic E-state index is 13.4. The number of carbonyl (C=O) groups is 1. The fraction of sp³-hybridized carbons (Fsp3) is 0.143. The molecule has 0 saturated carbocycles. The van der Waals surface area contributed by atoms with Crippen LogP contribution in [0, 0.1) is 0 Å². The summed E-state index contributed by atoms with van der Waals surface area (Å²) in [6.45, 7) is -1.37. The number of carbonyl (C=O) groups excluding carboxylic acids is 1. The molecule has 1 amide bonds. The molecule has 1 aliphatic heterocycles. The zero-order valence-corrected chi connectivity index (χ0v) is 16.2. The molecule has 5 rings (SSSR count). The lowest BCUT2D eigenvalue weighted by Gasteiger charge is -2.38. The van der Waals surface area contributed by atoms with E-state index < -0.39 is 24.8 Å². The third kappa shape index (κ3) is 3.11. The van der Waals surface area contributed by atoms with Crippen molar-refractivity contribution in [1.82, 2.24) is 14.3 Å². The first-order chi connectivity index (χ1) is 14.4. The van der Waals surface area contributed by atoms with Gasteiger partial charge in [-0.15, -0.1) is 11.3 Å². The van der Waals surface area contributed by atoms with Crippen LogP contribution in [0.4, 0.5) is 18.9 Å². The van der Waals surface area contributed by atoms with Crippen LogP contribution in [0.25, 0.3) is 16.2 Å². The molecule has 0 fully saturated rings. The van der Waals surface area contributed by atoms with E-state index in [4.69, 9.17) is 0 Å². The van der Waals surface area contributed by atoms with E-state index in [2.05, 4.69) is 10.3 Å². The number of thiazole rings is 1. The molecule has 1 atom stereocenters. The Morgan fingerprint density at radius 3 is 2.57 bits per heavy atom. The number of amides is 1. The van der Waals surface area contributed by atoms with Crippen molar-refractivity contribution < 1.29 is 18.0 Å². The van der Waals surface area contributed by atoms with Gasteiger partial charge in [-0.3, -0.25) is 9.20 Å². The monoisotopic (exact) mass is 428 g/mol. The SMILES string of the molecule is O=C1c2ccccc2N[C@H](c2c(-c3ccccc3)nc3sccn23)N1CC(F)(F)F. The lowest BCUT2D eigenvalue weighted by molar-refractivity contribution is -0.144. The number of nitrogens with one attached hydrogen (secondary N) is 1. The Hall–Kier alpha value is -3.33. The van der Waals surface area contributed by atoms with Crippen molar-refractivity contribution in [2.75, 3.05) is 11.9 Å². The van der Waals surface area contributed by atoms with Crippen molar-refractivity contribution >= 4 is 27.9 Å². The molecule has 152 valence electrons. The van der Waals surface area contributed by atoms with E-state index in [1.807, 2.05) is 35.7 Å². The number of para-hydroxylation sites is 1. The molecule has 4 aromatic rings. The molecular formula is C21H15F3N4OS. The molecule has 0 saturated heterocycles. The van der Waals surface area contributed by atoms with Gasteiger partial charge in [0.1, 0.15) is 12.7 Å². The van der Waals surface area contributed by atoms with Crippen LogP contribution in [-0.2, 0) is 0 Å². The van der Waals surface area contributed by atoms with Gasteiger partial charge in [-0.2, -0.15) is 13.2 Å². The number of hydrogen-bond acceptors (Lipinski definition) is 4. The van der Waals surface area contributed by atoms with Gasteiger partial charge in [0.25, 0.3) is 5.91 Å². The maximum Gasteiger partial charge on any atom is 0.406 e. The summed E-state index contributed by atoms with van der Waals surface area (Å²) >= 11 is 1.38. The minimum Gasteiger partial charge on any atom is -0.359 e. The van der Waals surface area contributed by atoms with Gasteiger partial charge in [-0.05, 0) is 12.1 Å². The maximum absolute atomic E-state index is 13.4. The fourth-order valence-electron chi connectivity index (χ4n) is 3.74. The van der Waals surface area contributed by atoms with E-state index in [-0.39, 0.29) is 5.56 Å². The number of imidazole rings is 1.